The van der Waals surface area contributed by atoms with Gasteiger partial charge in [-0.05, 0) is 20.8 Å². The normalized spacial score (nSPS) is 20.2. The Hall–Kier alpha value is 0.455. The van der Waals surface area contributed by atoms with Gasteiger partial charge in [-0.25, -0.2) is 5.50 Å². The Kier molecular flexibility index (Phi) is 2.12. The Morgan fingerprint density at radius 3 is 1.50 bits per heavy atom. The van der Waals surface area contributed by atoms with E-state index in [2.05, 4.69) is 27.4 Å². The Morgan fingerprint density at radius 1 is 1.38 bits per heavy atom. The van der Waals surface area contributed by atoms with Crippen LogP contribution in [0.1, 0.15) is 20.8 Å². The van der Waals surface area contributed by atoms with Crippen LogP contribution in [-0.2, 0) is 0 Å². The number of nitrogens with two attached hydrogens (primary N) is 1. The van der Waals surface area contributed by atoms with E-state index in [9.17, 15) is 0 Å². The van der Waals surface area contributed by atoms with Gasteiger partial charge in [0.05, 0.1) is 0 Å². The molecule has 0 aliphatic heterocycles. The summed E-state index contributed by atoms with van der Waals surface area (Å²) in [5.41, 5.74) is 6.03. The van der Waals surface area contributed by atoms with Crippen molar-refractivity contribution < 1.29 is 0 Å². The van der Waals surface area contributed by atoms with Gasteiger partial charge >= 0.3 is 0 Å². The molecule has 0 saturated carbocycles. The van der Waals surface area contributed by atoms with E-state index in [1.54, 1.807) is 0 Å². The first-order chi connectivity index (χ1) is 3.25. The molecule has 0 radical (unpaired) electrons. The number of hydrogen-bond acceptors (Lipinski definition) is 1. The highest BCUT2D eigenvalue weighted by Gasteiger charge is 2.28. The molecule has 0 spiro atoms. The van der Waals surface area contributed by atoms with Crippen molar-refractivity contribution in [2.75, 3.05) is 6.66 Å². The predicted molar refractivity (Wildman–Crippen MR) is 46.7 cm³/mol. The Balaban J connectivity index is 4.02. The maximum Gasteiger partial charge on any atom is 0.145 e. The minimum Gasteiger partial charge on any atom is -0.249 e. The average molecular weight is 133 g/mol. The monoisotopic (exact) mass is 133 g/mol. The third kappa shape index (κ3) is 2.15. The highest BCUT2D eigenvalue weighted by molar-refractivity contribution is 7.96. The molecule has 0 amide bonds. The van der Waals surface area contributed by atoms with Gasteiger partial charge in [-0.1, -0.05) is 7.29 Å². The summed E-state index contributed by atoms with van der Waals surface area (Å²) in [7, 11) is -0.461. The zero-order chi connectivity index (χ0) is 7.00. The van der Waals surface area contributed by atoms with E-state index in [1.165, 1.54) is 0 Å². The first-order valence-corrected chi connectivity index (χ1v) is 4.29. The molecule has 0 bridgehead atoms. The molecule has 0 heterocycles. The number of hydrogen-bond donors (Lipinski definition) is 1. The summed E-state index contributed by atoms with van der Waals surface area (Å²) < 4.78 is 0. The molecule has 50 valence electrons. The lowest BCUT2D eigenvalue weighted by atomic mass is 10.3. The van der Waals surface area contributed by atoms with Crippen LogP contribution in [0.4, 0.5) is 0 Å². The van der Waals surface area contributed by atoms with E-state index in [1.807, 2.05) is 0 Å². The van der Waals surface area contributed by atoms with Gasteiger partial charge in [-0.2, -0.15) is 0 Å². The van der Waals surface area contributed by atoms with Crippen LogP contribution in [-0.4, -0.2) is 19.4 Å². The van der Waals surface area contributed by atoms with Crippen molar-refractivity contribution in [1.82, 2.24) is 0 Å². The van der Waals surface area contributed by atoms with Crippen molar-refractivity contribution >= 4 is 14.9 Å². The van der Waals surface area contributed by atoms with Gasteiger partial charge in [-0.15, -0.1) is 0 Å². The quantitative estimate of drug-likeness (QED) is 0.379. The van der Waals surface area contributed by atoms with Crippen LogP contribution in [0.5, 0.6) is 0 Å². The lowest BCUT2D eigenvalue weighted by molar-refractivity contribution is 0.781. The maximum absolute atomic E-state index is 6.03. The molecule has 0 rings (SSSR count). The second kappa shape index (κ2) is 2.00. The summed E-state index contributed by atoms with van der Waals surface area (Å²) in [6.45, 7) is 9.04. The van der Waals surface area contributed by atoms with Crippen LogP contribution >= 0.6 is 7.29 Å². The summed E-state index contributed by atoms with van der Waals surface area (Å²) in [6.07, 6.45) is 0. The largest absolute Gasteiger partial charge is 0.249 e. The first kappa shape index (κ1) is 8.45. The van der Waals surface area contributed by atoms with Gasteiger partial charge < -0.3 is 0 Å². The molecule has 1 atom stereocenters. The number of rotatable bonds is 0. The minimum absolute atomic E-state index is 0.389. The van der Waals surface area contributed by atoms with Gasteiger partial charge in [0.2, 0.25) is 0 Å². The summed E-state index contributed by atoms with van der Waals surface area (Å²) in [4.78, 5) is 0. The average Bonchev–Trinajstić information content (AvgIpc) is 1.25. The van der Waals surface area contributed by atoms with Gasteiger partial charge in [-0.3, -0.25) is 0 Å². The fourth-order valence-electron chi connectivity index (χ4n) is 0. The molecular weight excluding hydrogens is 116 g/mol. The molecule has 0 aromatic rings. The standard InChI is InChI=1S/C5H17BNP/c1-5(2,3)8(4,6)7/h7H2,1-4,6H3. The molecule has 0 fully saturated rings. The third-order valence-corrected chi connectivity index (χ3v) is 3.17. The highest BCUT2D eigenvalue weighted by Crippen LogP contribution is 2.53. The van der Waals surface area contributed by atoms with E-state index in [-0.39, 0.29) is 0 Å². The van der Waals surface area contributed by atoms with E-state index < -0.39 is 7.29 Å². The molecule has 0 aliphatic rings. The fourth-order valence-corrected chi connectivity index (χ4v) is 0. The zero-order valence-electron chi connectivity index (χ0n) is 5.52. The molecule has 1 nitrogen and oxygen atoms in total. The molecule has 0 aliphatic carbocycles. The van der Waals surface area contributed by atoms with Crippen LogP contribution in [0.2, 0.25) is 0 Å². The molecular formula is C5H17BNP. The van der Waals surface area contributed by atoms with Gasteiger partial charge in [0.25, 0.3) is 0 Å². The van der Waals surface area contributed by atoms with Crippen molar-refractivity contribution in [3.8, 4) is 0 Å². The third-order valence-electron chi connectivity index (χ3n) is 1.06. The summed E-state index contributed by atoms with van der Waals surface area (Å²) >= 11 is 0. The lowest BCUT2D eigenvalue weighted by Gasteiger charge is -2.33. The second-order valence-corrected chi connectivity index (χ2v) is 5.35. The van der Waals surface area contributed by atoms with Crippen LogP contribution in [0.3, 0.4) is 0 Å². The zero-order valence-corrected chi connectivity index (χ0v) is 6.42. The van der Waals surface area contributed by atoms with Crippen LogP contribution in [0.25, 0.3) is 0 Å². The van der Waals surface area contributed by atoms with Gasteiger partial charge in [0.15, 0.2) is 0 Å². The smallest absolute Gasteiger partial charge is 0.145 e. The topological polar surface area (TPSA) is 26.0 Å². The van der Waals surface area contributed by atoms with Crippen molar-refractivity contribution in [2.24, 2.45) is 5.50 Å². The maximum atomic E-state index is 6.03. The molecule has 2 N–H and O–H groups in total. The molecule has 0 saturated heterocycles. The summed E-state index contributed by atoms with van der Waals surface area (Å²) in [5, 5.41) is 0.438. The fraction of sp³-hybridized carbons (Fsp3) is 1.00. The van der Waals surface area contributed by atoms with E-state index in [0.717, 1.165) is 0 Å². The van der Waals surface area contributed by atoms with Crippen molar-refractivity contribution in [2.45, 2.75) is 25.9 Å². The molecule has 0 aromatic carbocycles. The molecule has 3 heteroatoms. The van der Waals surface area contributed by atoms with E-state index in [4.69, 9.17) is 5.50 Å². The molecule has 1 unspecified atom stereocenters. The molecule has 0 aromatic heterocycles. The van der Waals surface area contributed by atoms with Crippen LogP contribution in [0, 0.1) is 0 Å². The van der Waals surface area contributed by atoms with Gasteiger partial charge in [0.1, 0.15) is 7.57 Å². The Morgan fingerprint density at radius 2 is 1.50 bits per heavy atom. The van der Waals surface area contributed by atoms with Crippen molar-refractivity contribution in [3.05, 3.63) is 0 Å². The van der Waals surface area contributed by atoms with E-state index >= 15 is 0 Å². The van der Waals surface area contributed by atoms with Crippen LogP contribution < -0.4 is 5.50 Å². The van der Waals surface area contributed by atoms with Gasteiger partial charge in [0, 0.05) is 11.8 Å². The SMILES string of the molecule is [BH3-][P+](C)(N)C(C)(C)C. The van der Waals surface area contributed by atoms with Crippen molar-refractivity contribution in [3.63, 3.8) is 0 Å². The summed E-state index contributed by atoms with van der Waals surface area (Å²) in [5.74, 6) is 0. The summed E-state index contributed by atoms with van der Waals surface area (Å²) in [6, 6.07) is 0. The lowest BCUT2D eigenvalue weighted by Crippen LogP contribution is -2.25. The minimum atomic E-state index is -0.850. The highest BCUT2D eigenvalue weighted by atomic mass is 31.2. The second-order valence-electron chi connectivity index (χ2n) is 2.78. The van der Waals surface area contributed by atoms with Crippen LogP contribution in [0.15, 0.2) is 0 Å². The first-order valence-electron chi connectivity index (χ1n) is 2.43. The van der Waals surface area contributed by atoms with Crippen molar-refractivity contribution in [1.29, 1.82) is 0 Å². The molecule has 8 heavy (non-hydrogen) atoms. The van der Waals surface area contributed by atoms with E-state index in [0.29, 0.717) is 12.7 Å². The Bertz CT molecular complexity index is 67.4. The predicted octanol–water partition coefficient (Wildman–Crippen LogP) is 0.586. The Labute approximate surface area is 53.8 Å².